The molecule has 0 spiro atoms. The molecule has 0 unspecified atom stereocenters. The van der Waals surface area contributed by atoms with E-state index in [1.165, 1.54) is 24.4 Å². The molecule has 0 aliphatic carbocycles. The highest BCUT2D eigenvalue weighted by atomic mass is 79.9. The molecule has 98 valence electrons. The maximum atomic E-state index is 13.5. The molecule has 1 aromatic heterocycles. The molecule has 0 atom stereocenters. The van der Waals surface area contributed by atoms with Crippen molar-refractivity contribution in [2.24, 2.45) is 0 Å². The fraction of sp³-hybridized carbons (Fsp3) is 0.0833. The molecule has 0 fully saturated rings. The molecular formula is C12H8BrFN2O3. The van der Waals surface area contributed by atoms with Crippen LogP contribution in [0.4, 0.5) is 10.1 Å². The Morgan fingerprint density at radius 1 is 1.37 bits per heavy atom. The van der Waals surface area contributed by atoms with E-state index in [-0.39, 0.29) is 12.1 Å². The highest BCUT2D eigenvalue weighted by Crippen LogP contribution is 2.15. The van der Waals surface area contributed by atoms with Crippen molar-refractivity contribution < 1.29 is 9.31 Å². The molecule has 2 aromatic rings. The lowest BCUT2D eigenvalue weighted by Crippen LogP contribution is -2.23. The van der Waals surface area contributed by atoms with Crippen LogP contribution in [0.3, 0.4) is 0 Å². The third-order valence-electron chi connectivity index (χ3n) is 2.53. The van der Waals surface area contributed by atoms with E-state index >= 15 is 0 Å². The summed E-state index contributed by atoms with van der Waals surface area (Å²) in [7, 11) is 0. The smallest absolute Gasteiger partial charge is 0.304 e. The number of nitrogens with zero attached hydrogens (tertiary/aromatic N) is 2. The summed E-state index contributed by atoms with van der Waals surface area (Å²) in [5.74, 6) is -0.461. The summed E-state index contributed by atoms with van der Waals surface area (Å²) in [6.07, 6.45) is 1.39. The van der Waals surface area contributed by atoms with Gasteiger partial charge in [-0.25, -0.2) is 4.39 Å². The largest absolute Gasteiger partial charge is 0.335 e. The highest BCUT2D eigenvalue weighted by Gasteiger charge is 2.16. The van der Waals surface area contributed by atoms with E-state index in [2.05, 4.69) is 15.9 Å². The Morgan fingerprint density at radius 3 is 2.68 bits per heavy atom. The summed E-state index contributed by atoms with van der Waals surface area (Å²) in [6.45, 7) is -0.0637. The zero-order chi connectivity index (χ0) is 14.0. The van der Waals surface area contributed by atoms with Crippen molar-refractivity contribution in [3.63, 3.8) is 0 Å². The van der Waals surface area contributed by atoms with Gasteiger partial charge >= 0.3 is 11.2 Å². The fourth-order valence-corrected chi connectivity index (χ4v) is 2.11. The molecule has 5 nitrogen and oxygen atoms in total. The van der Waals surface area contributed by atoms with Crippen molar-refractivity contribution >= 4 is 21.6 Å². The summed E-state index contributed by atoms with van der Waals surface area (Å²) >= 11 is 3.09. The normalized spacial score (nSPS) is 10.4. The molecule has 7 heteroatoms. The molecular weight excluding hydrogens is 319 g/mol. The van der Waals surface area contributed by atoms with E-state index in [1.54, 1.807) is 6.07 Å². The van der Waals surface area contributed by atoms with Crippen LogP contribution in [0.1, 0.15) is 5.56 Å². The molecule has 0 saturated heterocycles. The first-order chi connectivity index (χ1) is 8.99. The van der Waals surface area contributed by atoms with Gasteiger partial charge in [-0.1, -0.05) is 18.2 Å². The van der Waals surface area contributed by atoms with Crippen LogP contribution in [-0.2, 0) is 6.54 Å². The number of aromatic nitrogens is 1. The number of benzene rings is 1. The Kier molecular flexibility index (Phi) is 3.75. The van der Waals surface area contributed by atoms with E-state index in [9.17, 15) is 19.3 Å². The summed E-state index contributed by atoms with van der Waals surface area (Å²) in [5, 5.41) is 10.7. The monoisotopic (exact) mass is 326 g/mol. The third kappa shape index (κ3) is 2.87. The lowest BCUT2D eigenvalue weighted by Gasteiger charge is -2.07. The van der Waals surface area contributed by atoms with Gasteiger partial charge in [0.25, 0.3) is 0 Å². The zero-order valence-corrected chi connectivity index (χ0v) is 11.1. The van der Waals surface area contributed by atoms with Gasteiger partial charge in [0.15, 0.2) is 0 Å². The van der Waals surface area contributed by atoms with E-state index in [1.807, 2.05) is 0 Å². The first-order valence-electron chi connectivity index (χ1n) is 5.27. The van der Waals surface area contributed by atoms with E-state index in [4.69, 9.17) is 0 Å². The number of rotatable bonds is 3. The molecule has 0 radical (unpaired) electrons. The van der Waals surface area contributed by atoms with Crippen LogP contribution in [-0.4, -0.2) is 9.49 Å². The maximum absolute atomic E-state index is 13.5. The second-order valence-electron chi connectivity index (χ2n) is 3.83. The lowest BCUT2D eigenvalue weighted by molar-refractivity contribution is -0.386. The van der Waals surface area contributed by atoms with Gasteiger partial charge in [0.2, 0.25) is 0 Å². The van der Waals surface area contributed by atoms with E-state index < -0.39 is 22.0 Å². The molecule has 1 heterocycles. The maximum Gasteiger partial charge on any atom is 0.335 e. The van der Waals surface area contributed by atoms with Gasteiger partial charge in [0.05, 0.1) is 11.5 Å². The summed E-state index contributed by atoms with van der Waals surface area (Å²) in [4.78, 5) is 21.8. The molecule has 0 saturated carbocycles. The minimum atomic E-state index is -0.767. The van der Waals surface area contributed by atoms with Gasteiger partial charge in [-0.2, -0.15) is 0 Å². The van der Waals surface area contributed by atoms with Crippen molar-refractivity contribution in [2.45, 2.75) is 6.54 Å². The first-order valence-corrected chi connectivity index (χ1v) is 6.06. The van der Waals surface area contributed by atoms with Crippen molar-refractivity contribution in [1.82, 2.24) is 4.57 Å². The molecule has 0 bridgehead atoms. The number of hydrogen-bond acceptors (Lipinski definition) is 3. The van der Waals surface area contributed by atoms with Crippen LogP contribution in [0, 0.1) is 15.9 Å². The van der Waals surface area contributed by atoms with Gasteiger partial charge in [-0.15, -0.1) is 0 Å². The number of nitro groups is 1. The van der Waals surface area contributed by atoms with E-state index in [0.29, 0.717) is 4.47 Å². The molecule has 0 aliphatic heterocycles. The SMILES string of the molecule is O=c1c([N+](=O)[O-])cc(Br)cn1Cc1ccccc1F. The molecule has 2 rings (SSSR count). The highest BCUT2D eigenvalue weighted by molar-refractivity contribution is 9.10. The minimum absolute atomic E-state index is 0.0637. The Morgan fingerprint density at radius 2 is 2.05 bits per heavy atom. The Hall–Kier alpha value is -2.02. The quantitative estimate of drug-likeness (QED) is 0.643. The van der Waals surface area contributed by atoms with Crippen LogP contribution < -0.4 is 5.56 Å². The standard InChI is InChI=1S/C12H8BrFN2O3/c13-9-5-11(16(18)19)12(17)15(7-9)6-8-3-1-2-4-10(8)14/h1-5,7H,6H2. The van der Waals surface area contributed by atoms with Crippen molar-refractivity contribution in [1.29, 1.82) is 0 Å². The topological polar surface area (TPSA) is 65.1 Å². The Bertz CT molecular complexity index is 700. The number of pyridine rings is 1. The Labute approximate surface area is 115 Å². The fourth-order valence-electron chi connectivity index (χ4n) is 1.64. The zero-order valence-electron chi connectivity index (χ0n) is 9.55. The van der Waals surface area contributed by atoms with Crippen LogP contribution in [0.5, 0.6) is 0 Å². The average molecular weight is 327 g/mol. The van der Waals surface area contributed by atoms with Crippen LogP contribution in [0.2, 0.25) is 0 Å². The predicted octanol–water partition coefficient (Wildman–Crippen LogP) is 2.71. The number of halogens is 2. The van der Waals surface area contributed by atoms with Gasteiger partial charge in [0.1, 0.15) is 5.82 Å². The molecule has 1 aromatic carbocycles. The second kappa shape index (κ2) is 5.31. The van der Waals surface area contributed by atoms with Crippen LogP contribution >= 0.6 is 15.9 Å². The lowest BCUT2D eigenvalue weighted by atomic mass is 10.2. The second-order valence-corrected chi connectivity index (χ2v) is 4.74. The van der Waals surface area contributed by atoms with Crippen LogP contribution in [0.25, 0.3) is 0 Å². The first kappa shape index (κ1) is 13.4. The van der Waals surface area contributed by atoms with Crippen molar-refractivity contribution in [3.8, 4) is 0 Å². The van der Waals surface area contributed by atoms with Crippen LogP contribution in [0.15, 0.2) is 45.8 Å². The predicted molar refractivity (Wildman–Crippen MR) is 70.6 cm³/mol. The number of hydrogen-bond donors (Lipinski definition) is 0. The molecule has 0 amide bonds. The van der Waals surface area contributed by atoms with Gasteiger partial charge in [-0.05, 0) is 22.0 Å². The summed E-state index contributed by atoms with van der Waals surface area (Å²) in [6, 6.07) is 7.09. The average Bonchev–Trinajstić information content (AvgIpc) is 2.35. The van der Waals surface area contributed by atoms with Gasteiger partial charge in [-0.3, -0.25) is 14.9 Å². The van der Waals surface area contributed by atoms with Crippen molar-refractivity contribution in [3.05, 3.63) is 72.9 Å². The van der Waals surface area contributed by atoms with Gasteiger partial charge < -0.3 is 4.57 Å². The van der Waals surface area contributed by atoms with E-state index in [0.717, 1.165) is 10.6 Å². The summed E-state index contributed by atoms with van der Waals surface area (Å²) < 4.78 is 15.0. The Balaban J connectivity index is 2.50. The molecule has 0 N–H and O–H groups in total. The third-order valence-corrected chi connectivity index (χ3v) is 2.96. The van der Waals surface area contributed by atoms with Gasteiger partial charge in [0, 0.05) is 22.3 Å². The van der Waals surface area contributed by atoms with Crippen molar-refractivity contribution in [2.75, 3.05) is 0 Å². The minimum Gasteiger partial charge on any atom is -0.304 e. The summed E-state index contributed by atoms with van der Waals surface area (Å²) in [5.41, 5.74) is -1.03. The molecule has 0 aliphatic rings. The molecule has 19 heavy (non-hydrogen) atoms.